The molecule has 4 heteroatoms. The lowest BCUT2D eigenvalue weighted by Gasteiger charge is -2.08. The molecule has 1 aromatic heterocycles. The summed E-state index contributed by atoms with van der Waals surface area (Å²) in [7, 11) is 0. The smallest absolute Gasteiger partial charge is 0.269 e. The van der Waals surface area contributed by atoms with E-state index in [1.54, 1.807) is 6.20 Å². The summed E-state index contributed by atoms with van der Waals surface area (Å²) in [4.78, 5) is 16.0. The van der Waals surface area contributed by atoms with E-state index in [4.69, 9.17) is 0 Å². The predicted molar refractivity (Wildman–Crippen MR) is 79.5 cm³/mol. The lowest BCUT2D eigenvalue weighted by Crippen LogP contribution is -2.25. The van der Waals surface area contributed by atoms with Gasteiger partial charge in [-0.05, 0) is 25.0 Å². The van der Waals surface area contributed by atoms with Crippen LogP contribution in [0.4, 0.5) is 5.69 Å². The van der Waals surface area contributed by atoms with E-state index >= 15 is 0 Å². The molecule has 0 saturated heterocycles. The minimum atomic E-state index is -0.0877. The molecule has 4 nitrogen and oxygen atoms in total. The molecular weight excluding hydrogens is 238 g/mol. The minimum Gasteiger partial charge on any atom is -0.385 e. The number of amides is 1. The van der Waals surface area contributed by atoms with Gasteiger partial charge in [0.2, 0.25) is 0 Å². The first-order valence-corrected chi connectivity index (χ1v) is 7.26. The van der Waals surface area contributed by atoms with Crippen LogP contribution in [0.25, 0.3) is 0 Å². The number of unbranched alkanes of at least 4 members (excludes halogenated alkanes) is 3. The highest BCUT2D eigenvalue weighted by Crippen LogP contribution is 2.08. The average Bonchev–Trinajstić information content (AvgIpc) is 2.44. The normalized spacial score (nSPS) is 10.2. The summed E-state index contributed by atoms with van der Waals surface area (Å²) in [5.41, 5.74) is 1.44. The van der Waals surface area contributed by atoms with E-state index in [2.05, 4.69) is 29.5 Å². The number of carbonyl (C=O) groups is 1. The lowest BCUT2D eigenvalue weighted by atomic mass is 10.2. The van der Waals surface area contributed by atoms with Gasteiger partial charge in [0, 0.05) is 25.0 Å². The molecule has 0 radical (unpaired) electrons. The molecule has 1 amide bonds. The highest BCUT2D eigenvalue weighted by molar-refractivity contribution is 5.93. The second-order valence-electron chi connectivity index (χ2n) is 4.67. The molecule has 0 fully saturated rings. The third-order valence-corrected chi connectivity index (χ3v) is 2.92. The quantitative estimate of drug-likeness (QED) is 0.673. The van der Waals surface area contributed by atoms with Crippen LogP contribution in [0.2, 0.25) is 0 Å². The van der Waals surface area contributed by atoms with Crippen molar-refractivity contribution in [2.75, 3.05) is 18.4 Å². The molecule has 1 aromatic rings. The van der Waals surface area contributed by atoms with Crippen molar-refractivity contribution in [3.8, 4) is 0 Å². The van der Waals surface area contributed by atoms with Gasteiger partial charge < -0.3 is 10.6 Å². The Morgan fingerprint density at radius 1 is 1.16 bits per heavy atom. The summed E-state index contributed by atoms with van der Waals surface area (Å²) >= 11 is 0. The third kappa shape index (κ3) is 6.22. The first-order chi connectivity index (χ1) is 9.27. The second-order valence-corrected chi connectivity index (χ2v) is 4.67. The molecule has 106 valence electrons. The van der Waals surface area contributed by atoms with Gasteiger partial charge in [-0.15, -0.1) is 0 Å². The number of nitrogens with one attached hydrogen (secondary N) is 2. The van der Waals surface area contributed by atoms with Gasteiger partial charge in [0.05, 0.1) is 0 Å². The van der Waals surface area contributed by atoms with E-state index in [0.29, 0.717) is 5.69 Å². The molecule has 0 bridgehead atoms. The number of pyridine rings is 1. The molecule has 0 aliphatic heterocycles. The summed E-state index contributed by atoms with van der Waals surface area (Å²) in [5.74, 6) is -0.0877. The molecule has 0 aromatic carbocycles. The lowest BCUT2D eigenvalue weighted by molar-refractivity contribution is 0.0948. The van der Waals surface area contributed by atoms with Gasteiger partial charge in [0.25, 0.3) is 5.91 Å². The molecule has 1 heterocycles. The highest BCUT2D eigenvalue weighted by Gasteiger charge is 2.06. The van der Waals surface area contributed by atoms with Gasteiger partial charge in [0.15, 0.2) is 0 Å². The van der Waals surface area contributed by atoms with Crippen LogP contribution in [-0.4, -0.2) is 24.0 Å². The first-order valence-electron chi connectivity index (χ1n) is 7.26. The topological polar surface area (TPSA) is 54.0 Å². The van der Waals surface area contributed by atoms with Crippen LogP contribution in [0, 0.1) is 0 Å². The molecule has 19 heavy (non-hydrogen) atoms. The zero-order valence-electron chi connectivity index (χ0n) is 12.0. The fourth-order valence-electron chi connectivity index (χ4n) is 1.74. The van der Waals surface area contributed by atoms with Crippen molar-refractivity contribution in [2.45, 2.75) is 46.0 Å². The standard InChI is InChI=1S/C15H25N3O/c1-3-5-7-10-18-15(19)14-12-13(8-11-17-14)16-9-6-4-2/h8,11-12H,3-7,9-10H2,1-2H3,(H,16,17)(H,18,19). The largest absolute Gasteiger partial charge is 0.385 e. The van der Waals surface area contributed by atoms with Crippen LogP contribution >= 0.6 is 0 Å². The van der Waals surface area contributed by atoms with Crippen molar-refractivity contribution in [1.29, 1.82) is 0 Å². The van der Waals surface area contributed by atoms with Crippen molar-refractivity contribution in [1.82, 2.24) is 10.3 Å². The molecule has 0 unspecified atom stereocenters. The van der Waals surface area contributed by atoms with Crippen LogP contribution in [0.1, 0.15) is 56.4 Å². The fourth-order valence-corrected chi connectivity index (χ4v) is 1.74. The van der Waals surface area contributed by atoms with Crippen molar-refractivity contribution >= 4 is 11.6 Å². The molecule has 0 aliphatic rings. The summed E-state index contributed by atoms with van der Waals surface area (Å²) in [5, 5.41) is 6.20. The van der Waals surface area contributed by atoms with Crippen molar-refractivity contribution < 1.29 is 4.79 Å². The van der Waals surface area contributed by atoms with Gasteiger partial charge in [-0.3, -0.25) is 9.78 Å². The molecule has 2 N–H and O–H groups in total. The number of hydrogen-bond donors (Lipinski definition) is 2. The average molecular weight is 263 g/mol. The zero-order valence-corrected chi connectivity index (χ0v) is 12.0. The molecule has 0 spiro atoms. The maximum absolute atomic E-state index is 11.9. The number of nitrogens with zero attached hydrogens (tertiary/aromatic N) is 1. The van der Waals surface area contributed by atoms with Crippen LogP contribution in [-0.2, 0) is 0 Å². The Labute approximate surface area is 116 Å². The number of carbonyl (C=O) groups excluding carboxylic acids is 1. The van der Waals surface area contributed by atoms with Crippen LogP contribution < -0.4 is 10.6 Å². The van der Waals surface area contributed by atoms with Gasteiger partial charge in [-0.25, -0.2) is 0 Å². The zero-order chi connectivity index (χ0) is 13.9. The first kappa shape index (κ1) is 15.5. The van der Waals surface area contributed by atoms with Crippen LogP contribution in [0.5, 0.6) is 0 Å². The number of anilines is 1. The van der Waals surface area contributed by atoms with E-state index in [-0.39, 0.29) is 5.91 Å². The van der Waals surface area contributed by atoms with Crippen LogP contribution in [0.3, 0.4) is 0 Å². The predicted octanol–water partition coefficient (Wildman–Crippen LogP) is 3.21. The van der Waals surface area contributed by atoms with Gasteiger partial charge in [-0.1, -0.05) is 33.1 Å². The van der Waals surface area contributed by atoms with Crippen molar-refractivity contribution in [3.05, 3.63) is 24.0 Å². The Morgan fingerprint density at radius 2 is 1.95 bits per heavy atom. The number of rotatable bonds is 9. The molecule has 0 saturated carbocycles. The SMILES string of the molecule is CCCCCNC(=O)c1cc(NCCCC)ccn1. The maximum atomic E-state index is 11.9. The van der Waals surface area contributed by atoms with E-state index in [1.807, 2.05) is 12.1 Å². The summed E-state index contributed by atoms with van der Waals surface area (Å²) < 4.78 is 0. The maximum Gasteiger partial charge on any atom is 0.269 e. The van der Waals surface area contributed by atoms with Crippen molar-refractivity contribution in [2.24, 2.45) is 0 Å². The Balaban J connectivity index is 2.43. The molecule has 0 aliphatic carbocycles. The summed E-state index contributed by atoms with van der Waals surface area (Å²) in [6, 6.07) is 3.70. The highest BCUT2D eigenvalue weighted by atomic mass is 16.1. The number of hydrogen-bond acceptors (Lipinski definition) is 3. The molecular formula is C15H25N3O. The minimum absolute atomic E-state index is 0.0877. The Morgan fingerprint density at radius 3 is 2.68 bits per heavy atom. The van der Waals surface area contributed by atoms with Gasteiger partial charge in [-0.2, -0.15) is 0 Å². The van der Waals surface area contributed by atoms with E-state index in [9.17, 15) is 4.79 Å². The second kappa shape index (κ2) is 9.36. The molecule has 1 rings (SSSR count). The Bertz CT molecular complexity index is 379. The summed E-state index contributed by atoms with van der Waals surface area (Å²) in [6.07, 6.45) is 7.28. The van der Waals surface area contributed by atoms with E-state index < -0.39 is 0 Å². The summed E-state index contributed by atoms with van der Waals surface area (Å²) in [6.45, 7) is 5.96. The Kier molecular flexibility index (Phi) is 7.63. The Hall–Kier alpha value is -1.58. The van der Waals surface area contributed by atoms with Gasteiger partial charge >= 0.3 is 0 Å². The molecule has 0 atom stereocenters. The van der Waals surface area contributed by atoms with Gasteiger partial charge in [0.1, 0.15) is 5.69 Å². The third-order valence-electron chi connectivity index (χ3n) is 2.92. The monoisotopic (exact) mass is 263 g/mol. The van der Waals surface area contributed by atoms with Crippen molar-refractivity contribution in [3.63, 3.8) is 0 Å². The fraction of sp³-hybridized carbons (Fsp3) is 0.600. The van der Waals surface area contributed by atoms with E-state index in [0.717, 1.165) is 50.9 Å². The van der Waals surface area contributed by atoms with Crippen LogP contribution in [0.15, 0.2) is 18.3 Å². The number of aromatic nitrogens is 1. The van der Waals surface area contributed by atoms with E-state index in [1.165, 1.54) is 0 Å².